The van der Waals surface area contributed by atoms with Gasteiger partial charge in [0.1, 0.15) is 5.75 Å². The molecule has 4 rings (SSSR count). The Morgan fingerprint density at radius 2 is 1.73 bits per heavy atom. The van der Waals surface area contributed by atoms with E-state index in [0.717, 1.165) is 28.8 Å². The van der Waals surface area contributed by atoms with Gasteiger partial charge in [0.15, 0.2) is 5.37 Å². The standard InChI is InChI=1S/C25H25NO3S/c1-4-22-20-11-7-6-10-19(20)21-12-8-9-13-23(21)26(22)25(5-2)30(28,29)18-14-15-24(27)17(3)16-18/h5-16,22,25,27H,2,4H2,1,3H3. The van der Waals surface area contributed by atoms with Crippen molar-refractivity contribution in [2.45, 2.75) is 36.6 Å². The lowest BCUT2D eigenvalue weighted by atomic mass is 9.87. The first-order chi connectivity index (χ1) is 14.4. The zero-order chi connectivity index (χ0) is 21.5. The summed E-state index contributed by atoms with van der Waals surface area (Å²) in [7, 11) is -3.78. The van der Waals surface area contributed by atoms with Gasteiger partial charge >= 0.3 is 0 Å². The van der Waals surface area contributed by atoms with Gasteiger partial charge < -0.3 is 10.0 Å². The molecule has 154 valence electrons. The largest absolute Gasteiger partial charge is 0.508 e. The van der Waals surface area contributed by atoms with Gasteiger partial charge in [-0.25, -0.2) is 8.42 Å². The number of para-hydroxylation sites is 1. The fraction of sp³-hybridized carbons (Fsp3) is 0.200. The lowest BCUT2D eigenvalue weighted by Gasteiger charge is -2.43. The minimum absolute atomic E-state index is 0.0767. The highest BCUT2D eigenvalue weighted by atomic mass is 32.2. The topological polar surface area (TPSA) is 57.6 Å². The van der Waals surface area contributed by atoms with Crippen LogP contribution in [-0.4, -0.2) is 18.9 Å². The van der Waals surface area contributed by atoms with E-state index in [-0.39, 0.29) is 16.7 Å². The van der Waals surface area contributed by atoms with Gasteiger partial charge in [-0.15, -0.1) is 0 Å². The minimum Gasteiger partial charge on any atom is -0.508 e. The quantitative estimate of drug-likeness (QED) is 0.545. The molecule has 2 unspecified atom stereocenters. The van der Waals surface area contributed by atoms with Crippen LogP contribution in [0.5, 0.6) is 5.75 Å². The molecule has 5 heteroatoms. The number of aromatic hydroxyl groups is 1. The highest BCUT2D eigenvalue weighted by Gasteiger charge is 2.39. The molecule has 3 aromatic rings. The molecule has 2 atom stereocenters. The lowest BCUT2D eigenvalue weighted by molar-refractivity contribution is 0.470. The van der Waals surface area contributed by atoms with E-state index in [4.69, 9.17) is 0 Å². The van der Waals surface area contributed by atoms with Gasteiger partial charge in [0, 0.05) is 11.3 Å². The fourth-order valence-electron chi connectivity index (χ4n) is 4.34. The van der Waals surface area contributed by atoms with Crippen molar-refractivity contribution in [3.05, 3.63) is 90.5 Å². The molecule has 1 aliphatic heterocycles. The average molecular weight is 420 g/mol. The van der Waals surface area contributed by atoms with Gasteiger partial charge in [-0.3, -0.25) is 0 Å². The van der Waals surface area contributed by atoms with Gasteiger partial charge in [-0.1, -0.05) is 62.0 Å². The van der Waals surface area contributed by atoms with Crippen LogP contribution < -0.4 is 4.90 Å². The third-order valence-corrected chi connectivity index (χ3v) is 7.77. The molecule has 0 aromatic heterocycles. The molecule has 0 amide bonds. The third-order valence-electron chi connectivity index (χ3n) is 5.81. The Balaban J connectivity index is 1.92. The predicted molar refractivity (Wildman–Crippen MR) is 121 cm³/mol. The van der Waals surface area contributed by atoms with Crippen molar-refractivity contribution in [1.82, 2.24) is 0 Å². The molecule has 0 saturated heterocycles. The first-order valence-electron chi connectivity index (χ1n) is 10.0. The highest BCUT2D eigenvalue weighted by molar-refractivity contribution is 7.92. The van der Waals surface area contributed by atoms with Crippen LogP contribution in [0.4, 0.5) is 5.69 Å². The van der Waals surface area contributed by atoms with Gasteiger partial charge in [-0.2, -0.15) is 0 Å². The monoisotopic (exact) mass is 419 g/mol. The van der Waals surface area contributed by atoms with Crippen molar-refractivity contribution in [2.24, 2.45) is 0 Å². The molecule has 3 aromatic carbocycles. The minimum atomic E-state index is -3.78. The number of benzene rings is 3. The molecule has 1 aliphatic rings. The molecule has 0 fully saturated rings. The molecule has 0 spiro atoms. The van der Waals surface area contributed by atoms with Crippen LogP contribution in [0, 0.1) is 6.92 Å². The Bertz CT molecular complexity index is 1220. The Hall–Kier alpha value is -3.05. The molecule has 4 nitrogen and oxygen atoms in total. The van der Waals surface area contributed by atoms with E-state index in [1.54, 1.807) is 6.92 Å². The molecule has 1 heterocycles. The number of fused-ring (bicyclic) bond motifs is 3. The van der Waals surface area contributed by atoms with Crippen LogP contribution in [0.1, 0.15) is 30.5 Å². The number of hydrogen-bond acceptors (Lipinski definition) is 4. The fourth-order valence-corrected chi connectivity index (χ4v) is 6.03. The lowest BCUT2D eigenvalue weighted by Crippen LogP contribution is -2.44. The Labute approximate surface area is 178 Å². The number of phenolic OH excluding ortho intramolecular Hbond substituents is 1. The zero-order valence-electron chi connectivity index (χ0n) is 17.1. The van der Waals surface area contributed by atoms with E-state index >= 15 is 0 Å². The summed E-state index contributed by atoms with van der Waals surface area (Å²) < 4.78 is 27.4. The van der Waals surface area contributed by atoms with Crippen LogP contribution >= 0.6 is 0 Å². The predicted octanol–water partition coefficient (Wildman–Crippen LogP) is 5.62. The van der Waals surface area contributed by atoms with E-state index in [1.807, 2.05) is 41.3 Å². The van der Waals surface area contributed by atoms with Crippen molar-refractivity contribution < 1.29 is 13.5 Å². The van der Waals surface area contributed by atoms with Crippen LogP contribution in [-0.2, 0) is 9.84 Å². The molecule has 0 radical (unpaired) electrons. The van der Waals surface area contributed by atoms with Crippen molar-refractivity contribution in [3.8, 4) is 16.9 Å². The molecule has 0 aliphatic carbocycles. The van der Waals surface area contributed by atoms with E-state index in [1.165, 1.54) is 24.3 Å². The number of nitrogens with zero attached hydrogens (tertiary/aromatic N) is 1. The molecular formula is C25H25NO3S. The van der Waals surface area contributed by atoms with E-state index < -0.39 is 15.2 Å². The summed E-state index contributed by atoms with van der Waals surface area (Å²) in [4.78, 5) is 2.15. The van der Waals surface area contributed by atoms with Gasteiger partial charge in [-0.05, 0) is 54.3 Å². The number of rotatable bonds is 5. The van der Waals surface area contributed by atoms with Crippen molar-refractivity contribution in [3.63, 3.8) is 0 Å². The van der Waals surface area contributed by atoms with Gasteiger partial charge in [0.05, 0.1) is 10.9 Å². The third kappa shape index (κ3) is 3.10. The highest BCUT2D eigenvalue weighted by Crippen LogP contribution is 2.48. The van der Waals surface area contributed by atoms with Gasteiger partial charge in [0.25, 0.3) is 0 Å². The molecule has 30 heavy (non-hydrogen) atoms. The number of sulfone groups is 1. The molecule has 1 N–H and O–H groups in total. The summed E-state index contributed by atoms with van der Waals surface area (Å²) in [5, 5.41) is 8.90. The number of aryl methyl sites for hydroxylation is 1. The van der Waals surface area contributed by atoms with Gasteiger partial charge in [0.2, 0.25) is 9.84 Å². The van der Waals surface area contributed by atoms with Crippen LogP contribution in [0.15, 0.2) is 84.3 Å². The van der Waals surface area contributed by atoms with E-state index in [9.17, 15) is 13.5 Å². The maximum Gasteiger partial charge on any atom is 0.203 e. The number of hydrogen-bond donors (Lipinski definition) is 1. The van der Waals surface area contributed by atoms with E-state index in [0.29, 0.717) is 5.56 Å². The molecular weight excluding hydrogens is 394 g/mol. The Morgan fingerprint density at radius 3 is 2.40 bits per heavy atom. The summed E-state index contributed by atoms with van der Waals surface area (Å²) in [5.41, 5.74) is 4.67. The van der Waals surface area contributed by atoms with Crippen molar-refractivity contribution >= 4 is 15.5 Å². The first-order valence-corrected chi connectivity index (χ1v) is 11.6. The summed E-state index contributed by atoms with van der Waals surface area (Å²) in [6, 6.07) is 20.4. The van der Waals surface area contributed by atoms with Crippen LogP contribution in [0.25, 0.3) is 11.1 Å². The smallest absolute Gasteiger partial charge is 0.203 e. The summed E-state index contributed by atoms with van der Waals surface area (Å²) in [6.45, 7) is 7.66. The molecule has 0 bridgehead atoms. The van der Waals surface area contributed by atoms with Crippen LogP contribution in [0.2, 0.25) is 0 Å². The Kier molecular flexibility index (Phi) is 5.16. The summed E-state index contributed by atoms with van der Waals surface area (Å²) in [6.07, 6.45) is 2.25. The first kappa shape index (κ1) is 20.2. The number of anilines is 1. The maximum atomic E-state index is 13.7. The summed E-state index contributed by atoms with van der Waals surface area (Å²) in [5.74, 6) is 0.0767. The van der Waals surface area contributed by atoms with Crippen LogP contribution in [0.3, 0.4) is 0 Å². The normalized spacial score (nSPS) is 16.5. The molecule has 0 saturated carbocycles. The second-order valence-electron chi connectivity index (χ2n) is 7.56. The maximum absolute atomic E-state index is 13.7. The second-order valence-corrected chi connectivity index (χ2v) is 9.60. The second kappa shape index (κ2) is 7.65. The van der Waals surface area contributed by atoms with Crippen molar-refractivity contribution in [1.29, 1.82) is 0 Å². The zero-order valence-corrected chi connectivity index (χ0v) is 17.9. The Morgan fingerprint density at radius 1 is 1.07 bits per heavy atom. The summed E-state index contributed by atoms with van der Waals surface area (Å²) >= 11 is 0. The number of phenols is 1. The van der Waals surface area contributed by atoms with Crippen molar-refractivity contribution in [2.75, 3.05) is 4.90 Å². The SMILES string of the molecule is C=CC(N1c2ccccc2-c2ccccc2C1CC)S(=O)(=O)c1ccc(O)c(C)c1. The average Bonchev–Trinajstić information content (AvgIpc) is 2.76. The van der Waals surface area contributed by atoms with E-state index in [2.05, 4.69) is 25.6 Å².